The van der Waals surface area contributed by atoms with E-state index in [1.807, 2.05) is 19.9 Å². The number of halogens is 2. The first-order chi connectivity index (χ1) is 9.95. The monoisotopic (exact) mass is 414 g/mol. The van der Waals surface area contributed by atoms with Crippen molar-refractivity contribution in [2.75, 3.05) is 6.61 Å². The molecule has 1 heterocycles. The highest BCUT2D eigenvalue weighted by Gasteiger charge is 2.21. The topological polar surface area (TPSA) is 22.4 Å². The van der Waals surface area contributed by atoms with Gasteiger partial charge in [-0.1, -0.05) is 28.9 Å². The van der Waals surface area contributed by atoms with Gasteiger partial charge in [-0.3, -0.25) is 0 Å². The summed E-state index contributed by atoms with van der Waals surface area (Å²) in [5, 5.41) is 0. The van der Waals surface area contributed by atoms with E-state index < -0.39 is 0 Å². The second kappa shape index (κ2) is 7.01. The summed E-state index contributed by atoms with van der Waals surface area (Å²) in [6.07, 6.45) is 1.00. The van der Waals surface area contributed by atoms with Gasteiger partial charge in [-0.05, 0) is 66.4 Å². The lowest BCUT2D eigenvalue weighted by atomic mass is 10.0. The van der Waals surface area contributed by atoms with Crippen molar-refractivity contribution in [3.05, 3.63) is 50.9 Å². The van der Waals surface area contributed by atoms with Gasteiger partial charge in [0, 0.05) is 5.56 Å². The Balaban J connectivity index is 2.31. The van der Waals surface area contributed by atoms with Gasteiger partial charge in [0.05, 0.1) is 15.9 Å². The number of hydrogen-bond donors (Lipinski definition) is 0. The maximum Gasteiger partial charge on any atom is 0.133 e. The Bertz CT molecular complexity index is 632. The lowest BCUT2D eigenvalue weighted by Crippen LogP contribution is -1.99. The fraction of sp³-hybridized carbons (Fsp3) is 0.412. The molecular weight excluding hydrogens is 396 g/mol. The van der Waals surface area contributed by atoms with Gasteiger partial charge in [0.2, 0.25) is 0 Å². The first-order valence-electron chi connectivity index (χ1n) is 7.08. The zero-order chi connectivity index (χ0) is 15.6. The minimum Gasteiger partial charge on any atom is -0.492 e. The second-order valence-corrected chi connectivity index (χ2v) is 6.92. The number of furan rings is 1. The quantitative estimate of drug-likeness (QED) is 0.539. The molecule has 0 fully saturated rings. The molecule has 0 bridgehead atoms. The first-order valence-corrected chi connectivity index (χ1v) is 8.79. The van der Waals surface area contributed by atoms with Gasteiger partial charge in [0.25, 0.3) is 0 Å². The number of aryl methyl sites for hydroxylation is 2. The number of rotatable bonds is 5. The average molecular weight is 416 g/mol. The Hall–Kier alpha value is -0.740. The number of benzene rings is 1. The van der Waals surface area contributed by atoms with Crippen LogP contribution in [0.4, 0.5) is 0 Å². The van der Waals surface area contributed by atoms with Crippen LogP contribution < -0.4 is 4.74 Å². The van der Waals surface area contributed by atoms with Gasteiger partial charge in [0.1, 0.15) is 17.3 Å². The minimum absolute atomic E-state index is 0.117. The SMILES string of the molecule is CCCOc1ccc(C(Br)c2c(C)oc(C)c2C)cc1Br. The van der Waals surface area contributed by atoms with Crippen LogP contribution in [0.25, 0.3) is 0 Å². The van der Waals surface area contributed by atoms with Crippen LogP contribution in [0.15, 0.2) is 27.1 Å². The van der Waals surface area contributed by atoms with E-state index in [0.717, 1.165) is 34.8 Å². The van der Waals surface area contributed by atoms with Crippen molar-refractivity contribution < 1.29 is 9.15 Å². The summed E-state index contributed by atoms with van der Waals surface area (Å²) in [6.45, 7) is 8.95. The fourth-order valence-electron chi connectivity index (χ4n) is 2.35. The van der Waals surface area contributed by atoms with E-state index in [2.05, 4.69) is 57.8 Å². The Kier molecular flexibility index (Phi) is 5.55. The lowest BCUT2D eigenvalue weighted by molar-refractivity contribution is 0.315. The average Bonchev–Trinajstić information content (AvgIpc) is 2.70. The van der Waals surface area contributed by atoms with Gasteiger partial charge >= 0.3 is 0 Å². The molecule has 0 aliphatic rings. The van der Waals surface area contributed by atoms with Crippen molar-refractivity contribution in [1.82, 2.24) is 0 Å². The summed E-state index contributed by atoms with van der Waals surface area (Å²) in [6, 6.07) is 6.21. The molecule has 0 radical (unpaired) electrons. The Morgan fingerprint density at radius 2 is 1.90 bits per heavy atom. The summed E-state index contributed by atoms with van der Waals surface area (Å²) in [5.41, 5.74) is 3.59. The van der Waals surface area contributed by atoms with Gasteiger partial charge in [-0.15, -0.1) is 0 Å². The standard InChI is InChI=1S/C17H20Br2O2/c1-5-8-20-15-7-6-13(9-14(15)18)17(19)16-10(2)11(3)21-12(16)4/h6-7,9,17H,5,8H2,1-4H3. The highest BCUT2D eigenvalue weighted by molar-refractivity contribution is 9.10. The molecule has 0 spiro atoms. The Labute approximate surface area is 143 Å². The van der Waals surface area contributed by atoms with Crippen LogP contribution in [0.1, 0.15) is 46.4 Å². The third-order valence-electron chi connectivity index (χ3n) is 3.58. The van der Waals surface area contributed by atoms with E-state index in [0.29, 0.717) is 0 Å². The molecule has 1 atom stereocenters. The van der Waals surface area contributed by atoms with E-state index in [4.69, 9.17) is 9.15 Å². The molecular formula is C17H20Br2O2. The number of ether oxygens (including phenoxy) is 1. The van der Waals surface area contributed by atoms with E-state index in [9.17, 15) is 0 Å². The highest BCUT2D eigenvalue weighted by Crippen LogP contribution is 2.39. The summed E-state index contributed by atoms with van der Waals surface area (Å²) >= 11 is 7.39. The molecule has 1 unspecified atom stereocenters. The number of hydrogen-bond acceptors (Lipinski definition) is 2. The predicted molar refractivity (Wildman–Crippen MR) is 93.6 cm³/mol. The molecule has 0 saturated carbocycles. The van der Waals surface area contributed by atoms with Crippen molar-refractivity contribution in [2.45, 2.75) is 38.9 Å². The van der Waals surface area contributed by atoms with Crippen LogP contribution >= 0.6 is 31.9 Å². The number of alkyl halides is 1. The predicted octanol–water partition coefficient (Wildman–Crippen LogP) is 6.24. The van der Waals surface area contributed by atoms with E-state index in [-0.39, 0.29) is 4.83 Å². The third-order valence-corrected chi connectivity index (χ3v) is 5.19. The van der Waals surface area contributed by atoms with Gasteiger partial charge in [0.15, 0.2) is 0 Å². The van der Waals surface area contributed by atoms with Crippen molar-refractivity contribution in [3.63, 3.8) is 0 Å². The molecule has 1 aromatic carbocycles. The zero-order valence-corrected chi connectivity index (χ0v) is 16.0. The van der Waals surface area contributed by atoms with Crippen molar-refractivity contribution in [1.29, 1.82) is 0 Å². The largest absolute Gasteiger partial charge is 0.492 e. The van der Waals surface area contributed by atoms with E-state index in [1.54, 1.807) is 0 Å². The van der Waals surface area contributed by atoms with E-state index in [1.165, 1.54) is 16.7 Å². The molecule has 0 aliphatic carbocycles. The highest BCUT2D eigenvalue weighted by atomic mass is 79.9. The summed E-state index contributed by atoms with van der Waals surface area (Å²) in [5.74, 6) is 2.83. The van der Waals surface area contributed by atoms with Crippen molar-refractivity contribution in [3.8, 4) is 5.75 Å². The molecule has 2 nitrogen and oxygen atoms in total. The van der Waals surface area contributed by atoms with Crippen LogP contribution in [0.5, 0.6) is 5.75 Å². The lowest BCUT2D eigenvalue weighted by Gasteiger charge is -2.14. The molecule has 4 heteroatoms. The van der Waals surface area contributed by atoms with Gasteiger partial charge in [-0.2, -0.15) is 0 Å². The van der Waals surface area contributed by atoms with Crippen molar-refractivity contribution >= 4 is 31.9 Å². The molecule has 1 aromatic heterocycles. The minimum atomic E-state index is 0.117. The zero-order valence-electron chi connectivity index (χ0n) is 12.8. The Morgan fingerprint density at radius 1 is 1.19 bits per heavy atom. The van der Waals surface area contributed by atoms with Crippen molar-refractivity contribution in [2.24, 2.45) is 0 Å². The van der Waals surface area contributed by atoms with Crippen LogP contribution in [0, 0.1) is 20.8 Å². The van der Waals surface area contributed by atoms with Crippen LogP contribution in [-0.2, 0) is 0 Å². The van der Waals surface area contributed by atoms with E-state index >= 15 is 0 Å². The normalized spacial score (nSPS) is 12.5. The van der Waals surface area contributed by atoms with Gasteiger partial charge in [-0.25, -0.2) is 0 Å². The molecule has 0 aliphatic heterocycles. The molecule has 0 amide bonds. The maximum absolute atomic E-state index is 5.73. The molecule has 0 saturated heterocycles. The summed E-state index contributed by atoms with van der Waals surface area (Å²) in [4.78, 5) is 0.117. The summed E-state index contributed by atoms with van der Waals surface area (Å²) < 4.78 is 12.4. The molecule has 2 rings (SSSR count). The smallest absolute Gasteiger partial charge is 0.133 e. The Morgan fingerprint density at radius 3 is 2.43 bits per heavy atom. The van der Waals surface area contributed by atoms with Crippen LogP contribution in [0.3, 0.4) is 0 Å². The molecule has 0 N–H and O–H groups in total. The van der Waals surface area contributed by atoms with Crippen LogP contribution in [-0.4, -0.2) is 6.61 Å². The third kappa shape index (κ3) is 3.54. The fourth-order valence-corrected chi connectivity index (χ4v) is 3.82. The molecule has 114 valence electrons. The maximum atomic E-state index is 5.73. The summed E-state index contributed by atoms with van der Waals surface area (Å²) in [7, 11) is 0. The van der Waals surface area contributed by atoms with Gasteiger partial charge < -0.3 is 9.15 Å². The molecule has 2 aromatic rings. The first kappa shape index (κ1) is 16.6. The molecule has 21 heavy (non-hydrogen) atoms. The van der Waals surface area contributed by atoms with Crippen LogP contribution in [0.2, 0.25) is 0 Å². The second-order valence-electron chi connectivity index (χ2n) is 5.15.